The second-order valence-electron chi connectivity index (χ2n) is 4.79. The first-order chi connectivity index (χ1) is 9.65. The lowest BCUT2D eigenvalue weighted by molar-refractivity contribution is -0.132. The fourth-order valence-electron chi connectivity index (χ4n) is 2.08. The minimum atomic E-state index is -0.401. The van der Waals surface area contributed by atoms with Crippen LogP contribution in [0.4, 0.5) is 10.5 Å². The lowest BCUT2D eigenvalue weighted by atomic mass is 10.1. The third-order valence-electron chi connectivity index (χ3n) is 3.25. The summed E-state index contributed by atoms with van der Waals surface area (Å²) in [5.41, 5.74) is 0.679. The minimum Gasteiger partial charge on any atom is -0.393 e. The summed E-state index contributed by atoms with van der Waals surface area (Å²) < 4.78 is 0. The van der Waals surface area contributed by atoms with E-state index in [0.717, 1.165) is 0 Å². The highest BCUT2D eigenvalue weighted by Crippen LogP contribution is 2.09. The SMILES string of the molecule is O=C(NCC(=O)N1CCC(O)CC1)Nc1ccccc1. The fourth-order valence-corrected chi connectivity index (χ4v) is 2.08. The van der Waals surface area contributed by atoms with Crippen molar-refractivity contribution in [3.63, 3.8) is 0 Å². The Morgan fingerprint density at radius 2 is 1.85 bits per heavy atom. The maximum absolute atomic E-state index is 11.9. The van der Waals surface area contributed by atoms with E-state index in [1.165, 1.54) is 0 Å². The first kappa shape index (κ1) is 14.3. The first-order valence-electron chi connectivity index (χ1n) is 6.71. The molecule has 1 saturated heterocycles. The minimum absolute atomic E-state index is 0.0330. The molecule has 0 aliphatic carbocycles. The molecule has 1 fully saturated rings. The van der Waals surface area contributed by atoms with Gasteiger partial charge in [-0.25, -0.2) is 4.79 Å². The van der Waals surface area contributed by atoms with Gasteiger partial charge in [-0.1, -0.05) is 18.2 Å². The molecule has 0 atom stereocenters. The zero-order valence-electron chi connectivity index (χ0n) is 11.2. The van der Waals surface area contributed by atoms with E-state index in [9.17, 15) is 14.7 Å². The van der Waals surface area contributed by atoms with Crippen molar-refractivity contribution in [2.24, 2.45) is 0 Å². The van der Waals surface area contributed by atoms with E-state index in [0.29, 0.717) is 31.6 Å². The average molecular weight is 277 g/mol. The zero-order chi connectivity index (χ0) is 14.4. The monoisotopic (exact) mass is 277 g/mol. The number of carbonyl (C=O) groups excluding carboxylic acids is 2. The number of aliphatic hydroxyl groups is 1. The van der Waals surface area contributed by atoms with E-state index in [-0.39, 0.29) is 18.6 Å². The van der Waals surface area contributed by atoms with E-state index in [2.05, 4.69) is 10.6 Å². The molecule has 20 heavy (non-hydrogen) atoms. The largest absolute Gasteiger partial charge is 0.393 e. The molecule has 1 aliphatic heterocycles. The number of amides is 3. The molecular weight excluding hydrogens is 258 g/mol. The van der Waals surface area contributed by atoms with Crippen molar-refractivity contribution in [3.05, 3.63) is 30.3 Å². The van der Waals surface area contributed by atoms with Crippen LogP contribution in [0.1, 0.15) is 12.8 Å². The van der Waals surface area contributed by atoms with Crippen molar-refractivity contribution in [2.45, 2.75) is 18.9 Å². The predicted molar refractivity (Wildman–Crippen MR) is 75.3 cm³/mol. The van der Waals surface area contributed by atoms with Gasteiger partial charge in [0.2, 0.25) is 5.91 Å². The van der Waals surface area contributed by atoms with Gasteiger partial charge in [0.25, 0.3) is 0 Å². The number of urea groups is 1. The Labute approximate surface area is 117 Å². The number of nitrogens with one attached hydrogen (secondary N) is 2. The molecule has 0 saturated carbocycles. The molecule has 3 N–H and O–H groups in total. The third-order valence-corrected chi connectivity index (χ3v) is 3.25. The standard InChI is InChI=1S/C14H19N3O3/c18-12-6-8-17(9-7-12)13(19)10-15-14(20)16-11-4-2-1-3-5-11/h1-5,12,18H,6-10H2,(H2,15,16,20). The summed E-state index contributed by atoms with van der Waals surface area (Å²) in [6.07, 6.45) is 0.887. The lowest BCUT2D eigenvalue weighted by Gasteiger charge is -2.29. The van der Waals surface area contributed by atoms with Gasteiger partial charge in [-0.3, -0.25) is 4.79 Å². The Kier molecular flexibility index (Phi) is 4.95. The summed E-state index contributed by atoms with van der Waals surface area (Å²) in [5.74, 6) is -0.125. The number of likely N-dealkylation sites (tertiary alicyclic amines) is 1. The normalized spacial score (nSPS) is 15.8. The quantitative estimate of drug-likeness (QED) is 0.764. The molecule has 6 heteroatoms. The Balaban J connectivity index is 1.72. The van der Waals surface area contributed by atoms with Crippen LogP contribution in [0, 0.1) is 0 Å². The van der Waals surface area contributed by atoms with Gasteiger partial charge >= 0.3 is 6.03 Å². The molecular formula is C14H19N3O3. The van der Waals surface area contributed by atoms with Crippen molar-refractivity contribution >= 4 is 17.6 Å². The second kappa shape index (κ2) is 6.91. The Bertz CT molecular complexity index is 456. The number of aliphatic hydroxyl groups excluding tert-OH is 1. The Morgan fingerprint density at radius 1 is 1.20 bits per heavy atom. The van der Waals surface area contributed by atoms with Gasteiger partial charge in [-0.2, -0.15) is 0 Å². The predicted octanol–water partition coefficient (Wildman–Crippen LogP) is 0.791. The number of hydrogen-bond acceptors (Lipinski definition) is 3. The van der Waals surface area contributed by atoms with Gasteiger partial charge in [0, 0.05) is 18.8 Å². The number of piperidine rings is 1. The van der Waals surface area contributed by atoms with E-state index in [4.69, 9.17) is 0 Å². The smallest absolute Gasteiger partial charge is 0.319 e. The van der Waals surface area contributed by atoms with Crippen molar-refractivity contribution in [3.8, 4) is 0 Å². The number of nitrogens with zero attached hydrogens (tertiary/aromatic N) is 1. The summed E-state index contributed by atoms with van der Waals surface area (Å²) in [7, 11) is 0. The van der Waals surface area contributed by atoms with Crippen LogP contribution >= 0.6 is 0 Å². The Hall–Kier alpha value is -2.08. The average Bonchev–Trinajstić information content (AvgIpc) is 2.46. The molecule has 108 valence electrons. The highest BCUT2D eigenvalue weighted by molar-refractivity contribution is 5.92. The molecule has 1 heterocycles. The van der Waals surface area contributed by atoms with E-state index in [1.54, 1.807) is 17.0 Å². The van der Waals surface area contributed by atoms with Crippen molar-refractivity contribution in [2.75, 3.05) is 25.0 Å². The number of para-hydroxylation sites is 1. The summed E-state index contributed by atoms with van der Waals surface area (Å²) in [6, 6.07) is 8.64. The molecule has 1 aromatic carbocycles. The van der Waals surface area contributed by atoms with Crippen LogP contribution in [0.3, 0.4) is 0 Å². The van der Waals surface area contributed by atoms with E-state index >= 15 is 0 Å². The van der Waals surface area contributed by atoms with Crippen LogP contribution in [0.2, 0.25) is 0 Å². The molecule has 2 rings (SSSR count). The van der Waals surface area contributed by atoms with Crippen molar-refractivity contribution in [1.82, 2.24) is 10.2 Å². The summed E-state index contributed by atoms with van der Waals surface area (Å²) in [6.45, 7) is 1.05. The highest BCUT2D eigenvalue weighted by Gasteiger charge is 2.21. The molecule has 3 amide bonds. The highest BCUT2D eigenvalue weighted by atomic mass is 16.3. The fraction of sp³-hybridized carbons (Fsp3) is 0.429. The lowest BCUT2D eigenvalue weighted by Crippen LogP contribution is -2.45. The maximum Gasteiger partial charge on any atom is 0.319 e. The number of carbonyl (C=O) groups is 2. The van der Waals surface area contributed by atoms with Crippen LogP contribution in [-0.4, -0.2) is 47.7 Å². The van der Waals surface area contributed by atoms with Crippen molar-refractivity contribution < 1.29 is 14.7 Å². The number of rotatable bonds is 3. The topological polar surface area (TPSA) is 81.7 Å². The number of anilines is 1. The molecule has 6 nitrogen and oxygen atoms in total. The summed E-state index contributed by atoms with van der Waals surface area (Å²) >= 11 is 0. The van der Waals surface area contributed by atoms with Crippen LogP contribution in [-0.2, 0) is 4.79 Å². The van der Waals surface area contributed by atoms with Gasteiger partial charge in [0.1, 0.15) is 0 Å². The second-order valence-corrected chi connectivity index (χ2v) is 4.79. The van der Waals surface area contributed by atoms with E-state index < -0.39 is 6.03 Å². The van der Waals surface area contributed by atoms with Gasteiger partial charge in [-0.15, -0.1) is 0 Å². The molecule has 0 bridgehead atoms. The van der Waals surface area contributed by atoms with Crippen LogP contribution < -0.4 is 10.6 Å². The van der Waals surface area contributed by atoms with Crippen LogP contribution in [0.25, 0.3) is 0 Å². The number of benzene rings is 1. The molecule has 0 radical (unpaired) electrons. The molecule has 0 unspecified atom stereocenters. The molecule has 0 aromatic heterocycles. The molecule has 1 aromatic rings. The van der Waals surface area contributed by atoms with Gasteiger partial charge in [0.15, 0.2) is 0 Å². The zero-order valence-corrected chi connectivity index (χ0v) is 11.2. The first-order valence-corrected chi connectivity index (χ1v) is 6.71. The Morgan fingerprint density at radius 3 is 2.50 bits per heavy atom. The maximum atomic E-state index is 11.9. The van der Waals surface area contributed by atoms with E-state index in [1.807, 2.05) is 18.2 Å². The summed E-state index contributed by atoms with van der Waals surface area (Å²) in [4.78, 5) is 25.1. The van der Waals surface area contributed by atoms with Gasteiger partial charge in [0.05, 0.1) is 12.6 Å². The van der Waals surface area contributed by atoms with Crippen LogP contribution in [0.5, 0.6) is 0 Å². The van der Waals surface area contributed by atoms with Crippen LogP contribution in [0.15, 0.2) is 30.3 Å². The molecule has 1 aliphatic rings. The summed E-state index contributed by atoms with van der Waals surface area (Å²) in [5, 5.41) is 14.6. The van der Waals surface area contributed by atoms with Gasteiger partial charge in [-0.05, 0) is 25.0 Å². The van der Waals surface area contributed by atoms with Crippen molar-refractivity contribution in [1.29, 1.82) is 0 Å². The van der Waals surface area contributed by atoms with Gasteiger partial charge < -0.3 is 20.6 Å². The molecule has 0 spiro atoms. The number of hydrogen-bond donors (Lipinski definition) is 3. The third kappa shape index (κ3) is 4.24.